The van der Waals surface area contributed by atoms with Crippen molar-refractivity contribution in [3.8, 4) is 0 Å². The third-order valence-corrected chi connectivity index (χ3v) is 2.23. The van der Waals surface area contributed by atoms with Gasteiger partial charge in [-0.25, -0.2) is 0 Å². The maximum absolute atomic E-state index is 10.5. The molecule has 6 N–H and O–H groups in total. The molecule has 0 aliphatic heterocycles. The molecule has 1 atom stereocenters. The van der Waals surface area contributed by atoms with Gasteiger partial charge in [0.15, 0.2) is 5.37 Å². The normalized spacial score (nSPS) is 13.5. The predicted molar refractivity (Wildman–Crippen MR) is 44.6 cm³/mol. The number of nitrogens with one attached hydrogen (secondary N) is 1. The van der Waals surface area contributed by atoms with Crippen LogP contribution in [0.25, 0.3) is 0 Å². The number of nitrogens with two attached hydrogens (primary N) is 2. The van der Waals surface area contributed by atoms with E-state index < -0.39 is 15.5 Å². The van der Waals surface area contributed by atoms with Gasteiger partial charge in [0.2, 0.25) is 5.96 Å². The van der Waals surface area contributed by atoms with Crippen LogP contribution in [-0.4, -0.2) is 24.3 Å². The van der Waals surface area contributed by atoms with Crippen LogP contribution in [0.5, 0.6) is 0 Å². The Morgan fingerprint density at radius 1 is 1.67 bits per heavy atom. The highest BCUT2D eigenvalue weighted by molar-refractivity contribution is 7.86. The summed E-state index contributed by atoms with van der Waals surface area (Å²) in [5, 5.41) is 2.08. The minimum absolute atomic E-state index is 0.162. The van der Waals surface area contributed by atoms with Gasteiger partial charge in [-0.3, -0.25) is 9.98 Å². The molecule has 0 fully saturated rings. The van der Waals surface area contributed by atoms with Crippen molar-refractivity contribution in [1.82, 2.24) is 5.43 Å². The van der Waals surface area contributed by atoms with Gasteiger partial charge in [-0.15, -0.1) is 5.10 Å². The van der Waals surface area contributed by atoms with Gasteiger partial charge in [-0.2, -0.15) is 8.42 Å². The van der Waals surface area contributed by atoms with Crippen LogP contribution in [0.15, 0.2) is 5.10 Å². The number of hydrogen-bond donors (Lipinski definition) is 4. The molecule has 0 radical (unpaired) electrons. The zero-order chi connectivity index (χ0) is 9.78. The molecule has 0 aliphatic carbocycles. The van der Waals surface area contributed by atoms with Crippen LogP contribution >= 0.6 is 0 Å². The van der Waals surface area contributed by atoms with Crippen molar-refractivity contribution < 1.29 is 13.0 Å². The van der Waals surface area contributed by atoms with Crippen LogP contribution in [0.4, 0.5) is 0 Å². The Morgan fingerprint density at radius 2 is 2.17 bits per heavy atom. The Kier molecular flexibility index (Phi) is 3.77. The van der Waals surface area contributed by atoms with Crippen molar-refractivity contribution in [3.63, 3.8) is 0 Å². The van der Waals surface area contributed by atoms with Gasteiger partial charge in [0, 0.05) is 0 Å². The molecular formula is C4H12N4O3S. The summed E-state index contributed by atoms with van der Waals surface area (Å²) in [7, 11) is -4.14. The molecule has 0 amide bonds. The van der Waals surface area contributed by atoms with E-state index in [2.05, 4.69) is 10.5 Å². The van der Waals surface area contributed by atoms with Crippen molar-refractivity contribution in [2.24, 2.45) is 16.6 Å². The fraction of sp³-hybridized carbons (Fsp3) is 0.750. The topological polar surface area (TPSA) is 131 Å². The summed E-state index contributed by atoms with van der Waals surface area (Å²) in [5.74, 6) is -0.294. The SMILES string of the molecule is CCC(NN=C(N)N)S(=O)(=O)O. The lowest BCUT2D eigenvalue weighted by atomic mass is 10.5. The first-order chi connectivity index (χ1) is 5.38. The van der Waals surface area contributed by atoms with E-state index in [1.165, 1.54) is 0 Å². The van der Waals surface area contributed by atoms with Crippen molar-refractivity contribution in [1.29, 1.82) is 0 Å². The molecule has 0 heterocycles. The second-order valence-electron chi connectivity index (χ2n) is 2.08. The van der Waals surface area contributed by atoms with Crippen LogP contribution in [-0.2, 0) is 10.1 Å². The quantitative estimate of drug-likeness (QED) is 0.185. The lowest BCUT2D eigenvalue weighted by molar-refractivity contribution is 0.448. The van der Waals surface area contributed by atoms with Gasteiger partial charge in [0.1, 0.15) is 0 Å². The first kappa shape index (κ1) is 11.0. The highest BCUT2D eigenvalue weighted by atomic mass is 32.2. The van der Waals surface area contributed by atoms with E-state index >= 15 is 0 Å². The van der Waals surface area contributed by atoms with Gasteiger partial charge < -0.3 is 11.5 Å². The van der Waals surface area contributed by atoms with Crippen molar-refractivity contribution >= 4 is 16.1 Å². The Labute approximate surface area is 70.6 Å². The van der Waals surface area contributed by atoms with E-state index in [9.17, 15) is 8.42 Å². The van der Waals surface area contributed by atoms with E-state index in [0.29, 0.717) is 0 Å². The molecule has 1 unspecified atom stereocenters. The maximum atomic E-state index is 10.5. The zero-order valence-corrected chi connectivity index (χ0v) is 7.37. The molecule has 0 saturated carbocycles. The molecule has 12 heavy (non-hydrogen) atoms. The third kappa shape index (κ3) is 3.98. The highest BCUT2D eigenvalue weighted by Crippen LogP contribution is 1.98. The molecule has 0 aromatic rings. The minimum Gasteiger partial charge on any atom is -0.369 e. The molecule has 0 aromatic heterocycles. The monoisotopic (exact) mass is 196 g/mol. The molecule has 0 spiro atoms. The summed E-state index contributed by atoms with van der Waals surface area (Å²) >= 11 is 0. The lowest BCUT2D eigenvalue weighted by Crippen LogP contribution is -2.36. The fourth-order valence-corrected chi connectivity index (χ4v) is 1.12. The van der Waals surface area contributed by atoms with E-state index in [0.717, 1.165) is 0 Å². The largest absolute Gasteiger partial charge is 0.369 e. The minimum atomic E-state index is -4.14. The average Bonchev–Trinajstić information content (AvgIpc) is 1.85. The Balaban J connectivity index is 4.31. The van der Waals surface area contributed by atoms with Crippen LogP contribution in [0.1, 0.15) is 13.3 Å². The lowest BCUT2D eigenvalue weighted by Gasteiger charge is -2.09. The fourth-order valence-electron chi connectivity index (χ4n) is 0.515. The molecular weight excluding hydrogens is 184 g/mol. The van der Waals surface area contributed by atoms with Gasteiger partial charge >= 0.3 is 0 Å². The number of hydrogen-bond acceptors (Lipinski definition) is 4. The maximum Gasteiger partial charge on any atom is 0.287 e. The number of guanidine groups is 1. The molecule has 0 bridgehead atoms. The number of rotatable bonds is 4. The zero-order valence-electron chi connectivity index (χ0n) is 6.56. The predicted octanol–water partition coefficient (Wildman–Crippen LogP) is -1.61. The molecule has 7 nitrogen and oxygen atoms in total. The van der Waals surface area contributed by atoms with Crippen LogP contribution in [0.3, 0.4) is 0 Å². The third-order valence-electron chi connectivity index (χ3n) is 1.07. The summed E-state index contributed by atoms with van der Waals surface area (Å²) in [6.07, 6.45) is 0.162. The first-order valence-electron chi connectivity index (χ1n) is 3.18. The van der Waals surface area contributed by atoms with E-state index in [1.54, 1.807) is 6.92 Å². The molecule has 0 aromatic carbocycles. The number of nitrogens with zero attached hydrogens (tertiary/aromatic N) is 1. The number of hydrazone groups is 1. The second kappa shape index (κ2) is 4.12. The van der Waals surface area contributed by atoms with Crippen LogP contribution in [0, 0.1) is 0 Å². The molecule has 0 aliphatic rings. The summed E-state index contributed by atoms with van der Waals surface area (Å²) in [6, 6.07) is 0. The van der Waals surface area contributed by atoms with Gasteiger partial charge in [0.05, 0.1) is 0 Å². The summed E-state index contributed by atoms with van der Waals surface area (Å²) < 4.78 is 29.6. The second-order valence-corrected chi connectivity index (χ2v) is 3.68. The molecule has 72 valence electrons. The van der Waals surface area contributed by atoms with Crippen molar-refractivity contribution in [2.45, 2.75) is 18.7 Å². The van der Waals surface area contributed by atoms with E-state index in [-0.39, 0.29) is 12.4 Å². The Bertz CT molecular complexity index is 255. The Morgan fingerprint density at radius 3 is 2.42 bits per heavy atom. The summed E-state index contributed by atoms with van der Waals surface area (Å²) in [5.41, 5.74) is 12.0. The van der Waals surface area contributed by atoms with Gasteiger partial charge in [-0.1, -0.05) is 6.92 Å². The Hall–Kier alpha value is -1.02. The van der Waals surface area contributed by atoms with Crippen molar-refractivity contribution in [3.05, 3.63) is 0 Å². The van der Waals surface area contributed by atoms with Gasteiger partial charge in [-0.05, 0) is 6.42 Å². The van der Waals surface area contributed by atoms with E-state index in [1.807, 2.05) is 0 Å². The highest BCUT2D eigenvalue weighted by Gasteiger charge is 2.19. The first-order valence-corrected chi connectivity index (χ1v) is 4.68. The van der Waals surface area contributed by atoms with Crippen LogP contribution < -0.4 is 16.9 Å². The van der Waals surface area contributed by atoms with E-state index in [4.69, 9.17) is 16.0 Å². The summed E-state index contributed by atoms with van der Waals surface area (Å²) in [6.45, 7) is 1.56. The molecule has 0 saturated heterocycles. The smallest absolute Gasteiger partial charge is 0.287 e. The molecule has 8 heteroatoms. The molecule has 0 rings (SSSR count). The summed E-state index contributed by atoms with van der Waals surface area (Å²) in [4.78, 5) is 0. The standard InChI is InChI=1S/C4H12N4O3S/c1-2-3(12(9,10)11)7-8-4(5)6/h3,7H,2H2,1H3,(H4,5,6,8)(H,9,10,11). The van der Waals surface area contributed by atoms with Crippen molar-refractivity contribution in [2.75, 3.05) is 0 Å². The average molecular weight is 196 g/mol. The van der Waals surface area contributed by atoms with Gasteiger partial charge in [0.25, 0.3) is 10.1 Å². The van der Waals surface area contributed by atoms with Crippen LogP contribution in [0.2, 0.25) is 0 Å².